The van der Waals surface area contributed by atoms with Crippen LogP contribution in [0.15, 0.2) is 11.6 Å². The van der Waals surface area contributed by atoms with Gasteiger partial charge >= 0.3 is 0 Å². The van der Waals surface area contributed by atoms with Crippen molar-refractivity contribution in [3.05, 3.63) is 11.6 Å². The summed E-state index contributed by atoms with van der Waals surface area (Å²) in [6, 6.07) is 0. The Labute approximate surface area is 94.4 Å². The van der Waals surface area contributed by atoms with Crippen molar-refractivity contribution >= 4 is 40.3 Å². The second-order valence-electron chi connectivity index (χ2n) is 2.75. The lowest BCUT2D eigenvalue weighted by molar-refractivity contribution is -0.137. The van der Waals surface area contributed by atoms with E-state index in [1.165, 1.54) is 6.08 Å². The van der Waals surface area contributed by atoms with Gasteiger partial charge in [0, 0.05) is 18.2 Å². The fourth-order valence-corrected chi connectivity index (χ4v) is 1.61. The highest BCUT2D eigenvalue weighted by Crippen LogP contribution is 2.21. The molecule has 2 N–H and O–H groups in total. The van der Waals surface area contributed by atoms with Crippen molar-refractivity contribution < 1.29 is 14.4 Å². The van der Waals surface area contributed by atoms with Crippen LogP contribution >= 0.6 is 22.6 Å². The number of likely N-dealkylation sites (N-methyl/N-ethyl adjacent to an activating group) is 1. The zero-order valence-corrected chi connectivity index (χ0v) is 9.65. The lowest BCUT2D eigenvalue weighted by Gasteiger charge is -2.12. The number of primary amides is 1. The zero-order valence-electron chi connectivity index (χ0n) is 7.49. The Bertz CT molecular complexity index is 337. The van der Waals surface area contributed by atoms with E-state index < -0.39 is 15.7 Å². The molecule has 0 radical (unpaired) electrons. The van der Waals surface area contributed by atoms with Crippen LogP contribution in [0.2, 0.25) is 0 Å². The SMILES string of the molecule is CCN1C(=O)C=C(C(I)C(N)=O)C1=O. The van der Waals surface area contributed by atoms with Crippen molar-refractivity contribution in [2.75, 3.05) is 6.54 Å². The third-order valence-corrected chi connectivity index (χ3v) is 3.16. The molecule has 6 heteroatoms. The fourth-order valence-electron chi connectivity index (χ4n) is 1.16. The van der Waals surface area contributed by atoms with Crippen LogP contribution in [0.1, 0.15) is 6.92 Å². The molecule has 0 aromatic heterocycles. The van der Waals surface area contributed by atoms with E-state index in [2.05, 4.69) is 0 Å². The maximum Gasteiger partial charge on any atom is 0.258 e. The summed E-state index contributed by atoms with van der Waals surface area (Å²) in [6.45, 7) is 2.00. The summed E-state index contributed by atoms with van der Waals surface area (Å²) in [4.78, 5) is 34.6. The molecule has 14 heavy (non-hydrogen) atoms. The van der Waals surface area contributed by atoms with Gasteiger partial charge in [0.15, 0.2) is 0 Å². The minimum absolute atomic E-state index is 0.171. The highest BCUT2D eigenvalue weighted by atomic mass is 127. The number of carbonyl (C=O) groups is 3. The molecule has 0 saturated heterocycles. The van der Waals surface area contributed by atoms with Crippen LogP contribution in [0, 0.1) is 0 Å². The first-order chi connectivity index (χ1) is 6.49. The van der Waals surface area contributed by atoms with E-state index in [1.807, 2.05) is 0 Å². The third-order valence-electron chi connectivity index (χ3n) is 1.88. The first-order valence-electron chi connectivity index (χ1n) is 3.99. The number of hydrogen-bond donors (Lipinski definition) is 1. The Balaban J connectivity index is 2.94. The Morgan fingerprint density at radius 1 is 1.64 bits per heavy atom. The minimum atomic E-state index is -0.736. The number of alkyl halides is 1. The quantitative estimate of drug-likeness (QED) is 0.437. The second kappa shape index (κ2) is 4.07. The molecule has 0 saturated carbocycles. The van der Waals surface area contributed by atoms with Crippen LogP contribution in [-0.4, -0.2) is 33.1 Å². The van der Waals surface area contributed by atoms with Gasteiger partial charge in [-0.1, -0.05) is 22.6 Å². The van der Waals surface area contributed by atoms with Gasteiger partial charge < -0.3 is 5.73 Å². The number of imide groups is 1. The van der Waals surface area contributed by atoms with Crippen molar-refractivity contribution in [1.29, 1.82) is 0 Å². The second-order valence-corrected chi connectivity index (χ2v) is 4.00. The summed E-state index contributed by atoms with van der Waals surface area (Å²) in [6.07, 6.45) is 1.17. The minimum Gasteiger partial charge on any atom is -0.368 e. The normalized spacial score (nSPS) is 18.4. The molecule has 0 aliphatic carbocycles. The lowest BCUT2D eigenvalue weighted by atomic mass is 10.2. The molecule has 76 valence electrons. The number of nitrogens with two attached hydrogens (primary N) is 1. The Morgan fingerprint density at radius 3 is 2.57 bits per heavy atom. The first kappa shape index (κ1) is 11.2. The van der Waals surface area contributed by atoms with Crippen molar-refractivity contribution in [3.8, 4) is 0 Å². The van der Waals surface area contributed by atoms with Gasteiger partial charge in [0.2, 0.25) is 5.91 Å². The number of hydrogen-bond acceptors (Lipinski definition) is 3. The largest absolute Gasteiger partial charge is 0.368 e. The summed E-state index contributed by atoms with van der Waals surface area (Å²) in [5.41, 5.74) is 5.21. The van der Waals surface area contributed by atoms with E-state index >= 15 is 0 Å². The van der Waals surface area contributed by atoms with E-state index in [0.29, 0.717) is 6.54 Å². The third kappa shape index (κ3) is 1.79. The molecule has 5 nitrogen and oxygen atoms in total. The van der Waals surface area contributed by atoms with Crippen LogP contribution < -0.4 is 5.73 Å². The number of rotatable bonds is 3. The maximum atomic E-state index is 11.5. The Kier molecular flexibility index (Phi) is 3.25. The molecule has 1 heterocycles. The monoisotopic (exact) mass is 308 g/mol. The van der Waals surface area contributed by atoms with Crippen LogP contribution in [0.5, 0.6) is 0 Å². The average Bonchev–Trinajstić information content (AvgIpc) is 2.40. The van der Waals surface area contributed by atoms with Gasteiger partial charge in [-0.15, -0.1) is 0 Å². The van der Waals surface area contributed by atoms with Crippen LogP contribution in [0.25, 0.3) is 0 Å². The highest BCUT2D eigenvalue weighted by Gasteiger charge is 2.35. The molecule has 0 aromatic carbocycles. The summed E-state index contributed by atoms with van der Waals surface area (Å²) in [5, 5.41) is 0. The highest BCUT2D eigenvalue weighted by molar-refractivity contribution is 14.1. The van der Waals surface area contributed by atoms with Crippen molar-refractivity contribution in [2.24, 2.45) is 5.73 Å². The van der Waals surface area contributed by atoms with Crippen molar-refractivity contribution in [1.82, 2.24) is 4.90 Å². The van der Waals surface area contributed by atoms with E-state index in [4.69, 9.17) is 5.73 Å². The van der Waals surface area contributed by atoms with Crippen molar-refractivity contribution in [3.63, 3.8) is 0 Å². The van der Waals surface area contributed by atoms with Gasteiger partial charge in [-0.05, 0) is 6.92 Å². The summed E-state index contributed by atoms with van der Waals surface area (Å²) in [7, 11) is 0. The van der Waals surface area contributed by atoms with Crippen LogP contribution in [0.3, 0.4) is 0 Å². The average molecular weight is 308 g/mol. The number of halogens is 1. The van der Waals surface area contributed by atoms with E-state index in [0.717, 1.165) is 4.90 Å². The summed E-state index contributed by atoms with van der Waals surface area (Å²) >= 11 is 1.74. The van der Waals surface area contributed by atoms with E-state index in [1.54, 1.807) is 29.5 Å². The molecule has 0 spiro atoms. The molecular formula is C8H9IN2O3. The molecule has 0 aromatic rings. The number of nitrogens with zero attached hydrogens (tertiary/aromatic N) is 1. The molecule has 1 aliphatic heterocycles. The Hall–Kier alpha value is -0.920. The molecule has 1 unspecified atom stereocenters. The predicted molar refractivity (Wildman–Crippen MR) is 57.5 cm³/mol. The molecular weight excluding hydrogens is 299 g/mol. The maximum absolute atomic E-state index is 11.5. The smallest absolute Gasteiger partial charge is 0.258 e. The van der Waals surface area contributed by atoms with Crippen molar-refractivity contribution in [2.45, 2.75) is 10.8 Å². The van der Waals surface area contributed by atoms with Gasteiger partial charge in [0.1, 0.15) is 3.92 Å². The van der Waals surface area contributed by atoms with Gasteiger partial charge in [-0.3, -0.25) is 19.3 Å². The van der Waals surface area contributed by atoms with E-state index in [-0.39, 0.29) is 11.5 Å². The summed E-state index contributed by atoms with van der Waals surface area (Å²) in [5.74, 6) is -1.41. The number of carbonyl (C=O) groups excluding carboxylic acids is 3. The van der Waals surface area contributed by atoms with Crippen LogP contribution in [0.4, 0.5) is 0 Å². The summed E-state index contributed by atoms with van der Waals surface area (Å²) < 4.78 is -0.736. The predicted octanol–water partition coefficient (Wildman–Crippen LogP) is -0.410. The molecule has 1 aliphatic rings. The molecule has 1 atom stereocenters. The zero-order chi connectivity index (χ0) is 10.9. The molecule has 0 fully saturated rings. The van der Waals surface area contributed by atoms with Gasteiger partial charge in [0.05, 0.1) is 0 Å². The topological polar surface area (TPSA) is 80.5 Å². The van der Waals surface area contributed by atoms with Crippen LogP contribution in [-0.2, 0) is 14.4 Å². The fraction of sp³-hybridized carbons (Fsp3) is 0.375. The standard InChI is InChI=1S/C8H9IN2O3/c1-2-11-5(12)3-4(8(11)14)6(9)7(10)13/h3,6H,2H2,1H3,(H2,10,13). The van der Waals surface area contributed by atoms with Gasteiger partial charge in [0.25, 0.3) is 11.8 Å². The first-order valence-corrected chi connectivity index (χ1v) is 5.24. The van der Waals surface area contributed by atoms with Gasteiger partial charge in [-0.2, -0.15) is 0 Å². The molecule has 1 rings (SSSR count). The van der Waals surface area contributed by atoms with E-state index in [9.17, 15) is 14.4 Å². The Morgan fingerprint density at radius 2 is 2.21 bits per heavy atom. The molecule has 3 amide bonds. The number of amides is 3. The van der Waals surface area contributed by atoms with Gasteiger partial charge in [-0.25, -0.2) is 0 Å². The lowest BCUT2D eigenvalue weighted by Crippen LogP contribution is -2.34. The molecule has 0 bridgehead atoms.